The molecule has 0 unspecified atom stereocenters. The van der Waals surface area contributed by atoms with Crippen molar-refractivity contribution < 1.29 is 9.50 Å². The van der Waals surface area contributed by atoms with Crippen LogP contribution in [0.25, 0.3) is 5.69 Å². The molecule has 72 valence electrons. The third kappa shape index (κ3) is 1.40. The van der Waals surface area contributed by atoms with E-state index in [0.717, 1.165) is 4.68 Å². The Morgan fingerprint density at radius 1 is 1.29 bits per heavy atom. The van der Waals surface area contributed by atoms with E-state index in [2.05, 4.69) is 5.10 Å². The molecule has 0 bridgehead atoms. The van der Waals surface area contributed by atoms with Crippen molar-refractivity contribution in [3.05, 3.63) is 48.0 Å². The van der Waals surface area contributed by atoms with E-state index in [-0.39, 0.29) is 12.2 Å². The van der Waals surface area contributed by atoms with Crippen molar-refractivity contribution in [2.45, 2.75) is 6.61 Å². The highest BCUT2D eigenvalue weighted by Crippen LogP contribution is 2.12. The van der Waals surface area contributed by atoms with Gasteiger partial charge in [0, 0.05) is 0 Å². The number of aliphatic hydroxyl groups excluding tert-OH is 1. The summed E-state index contributed by atoms with van der Waals surface area (Å²) in [4.78, 5) is 0. The molecule has 0 aliphatic carbocycles. The summed E-state index contributed by atoms with van der Waals surface area (Å²) in [5.74, 6) is -0.515. The smallest absolute Gasteiger partial charge is 0.221 e. The van der Waals surface area contributed by atoms with Crippen molar-refractivity contribution in [2.75, 3.05) is 0 Å². The largest absolute Gasteiger partial charge is 0.391 e. The maximum absolute atomic E-state index is 13.5. The molecule has 2 rings (SSSR count). The van der Waals surface area contributed by atoms with Crippen LogP contribution in [-0.2, 0) is 6.61 Å². The Morgan fingerprint density at radius 3 is 2.57 bits per heavy atom. The lowest BCUT2D eigenvalue weighted by Gasteiger charge is -2.00. The average Bonchev–Trinajstić information content (AvgIpc) is 2.61. The number of hydrogen-bond donors (Lipinski definition) is 1. The summed E-state index contributed by atoms with van der Waals surface area (Å²) in [6.45, 7) is -0.335. The normalized spacial score (nSPS) is 10.4. The van der Waals surface area contributed by atoms with Crippen molar-refractivity contribution in [3.63, 3.8) is 0 Å². The predicted molar refractivity (Wildman–Crippen MR) is 49.4 cm³/mol. The zero-order chi connectivity index (χ0) is 9.97. The fraction of sp³-hybridized carbons (Fsp3) is 0.100. The third-order valence-electron chi connectivity index (χ3n) is 1.95. The van der Waals surface area contributed by atoms with Crippen LogP contribution < -0.4 is 0 Å². The molecule has 0 spiro atoms. The highest BCUT2D eigenvalue weighted by Gasteiger charge is 2.09. The van der Waals surface area contributed by atoms with Gasteiger partial charge in [-0.1, -0.05) is 18.2 Å². The number of rotatable bonds is 2. The third-order valence-corrected chi connectivity index (χ3v) is 1.95. The van der Waals surface area contributed by atoms with Crippen LogP contribution in [0.3, 0.4) is 0 Å². The van der Waals surface area contributed by atoms with Crippen molar-refractivity contribution in [3.8, 4) is 5.69 Å². The summed E-state index contributed by atoms with van der Waals surface area (Å²) in [7, 11) is 0. The van der Waals surface area contributed by atoms with E-state index in [1.54, 1.807) is 24.3 Å². The maximum Gasteiger partial charge on any atom is 0.221 e. The summed E-state index contributed by atoms with van der Waals surface area (Å²) in [5, 5.41) is 12.6. The number of aromatic nitrogens is 2. The summed E-state index contributed by atoms with van der Waals surface area (Å²) in [6.07, 6.45) is 1.32. The van der Waals surface area contributed by atoms with Gasteiger partial charge in [-0.05, 0) is 12.1 Å². The van der Waals surface area contributed by atoms with E-state index in [0.29, 0.717) is 5.69 Å². The second-order valence-electron chi connectivity index (χ2n) is 2.87. The molecule has 1 aromatic carbocycles. The molecule has 1 heterocycles. The molecule has 2 aromatic rings. The van der Waals surface area contributed by atoms with Crippen LogP contribution in [0.1, 0.15) is 5.56 Å². The van der Waals surface area contributed by atoms with Gasteiger partial charge in [0.1, 0.15) is 0 Å². The molecule has 0 amide bonds. The van der Waals surface area contributed by atoms with E-state index in [9.17, 15) is 4.39 Å². The van der Waals surface area contributed by atoms with Crippen molar-refractivity contribution in [1.29, 1.82) is 0 Å². The van der Waals surface area contributed by atoms with Crippen LogP contribution in [0.2, 0.25) is 0 Å². The summed E-state index contributed by atoms with van der Waals surface area (Å²) in [5.41, 5.74) is 0.846. The highest BCUT2D eigenvalue weighted by atomic mass is 19.1. The molecule has 0 atom stereocenters. The molecule has 0 fully saturated rings. The van der Waals surface area contributed by atoms with Gasteiger partial charge >= 0.3 is 0 Å². The zero-order valence-electron chi connectivity index (χ0n) is 7.39. The minimum atomic E-state index is -0.515. The Bertz CT molecular complexity index is 425. The monoisotopic (exact) mass is 192 g/mol. The van der Waals surface area contributed by atoms with Crippen LogP contribution in [-0.4, -0.2) is 14.9 Å². The molecule has 4 heteroatoms. The minimum absolute atomic E-state index is 0.203. The average molecular weight is 192 g/mol. The van der Waals surface area contributed by atoms with Crippen LogP contribution in [0.15, 0.2) is 36.5 Å². The van der Waals surface area contributed by atoms with E-state index < -0.39 is 5.95 Å². The van der Waals surface area contributed by atoms with Gasteiger partial charge in [-0.25, -0.2) is 4.68 Å². The fourth-order valence-corrected chi connectivity index (χ4v) is 1.22. The Balaban J connectivity index is 2.48. The first-order valence-corrected chi connectivity index (χ1v) is 4.21. The van der Waals surface area contributed by atoms with Gasteiger partial charge in [0.2, 0.25) is 5.95 Å². The van der Waals surface area contributed by atoms with E-state index in [1.807, 2.05) is 6.07 Å². The van der Waals surface area contributed by atoms with Gasteiger partial charge in [-0.2, -0.15) is 9.49 Å². The first-order valence-electron chi connectivity index (χ1n) is 4.21. The molecule has 0 aliphatic heterocycles. The van der Waals surface area contributed by atoms with Crippen LogP contribution in [0.4, 0.5) is 4.39 Å². The van der Waals surface area contributed by atoms with Gasteiger partial charge in [0.05, 0.1) is 24.1 Å². The lowest BCUT2D eigenvalue weighted by atomic mass is 10.3. The molecule has 1 aromatic heterocycles. The first-order chi connectivity index (χ1) is 6.83. The van der Waals surface area contributed by atoms with Crippen LogP contribution in [0, 0.1) is 5.95 Å². The van der Waals surface area contributed by atoms with Gasteiger partial charge in [0.15, 0.2) is 0 Å². The summed E-state index contributed by atoms with van der Waals surface area (Å²) >= 11 is 0. The topological polar surface area (TPSA) is 38.1 Å². The lowest BCUT2D eigenvalue weighted by Crippen LogP contribution is -2.00. The van der Waals surface area contributed by atoms with E-state index in [1.165, 1.54) is 6.20 Å². The maximum atomic E-state index is 13.5. The Kier molecular flexibility index (Phi) is 2.28. The van der Waals surface area contributed by atoms with Crippen LogP contribution >= 0.6 is 0 Å². The van der Waals surface area contributed by atoms with Crippen molar-refractivity contribution >= 4 is 0 Å². The van der Waals surface area contributed by atoms with E-state index >= 15 is 0 Å². The molecule has 1 N–H and O–H groups in total. The SMILES string of the molecule is OCc1cnn(-c2ccccc2)c1F. The second kappa shape index (κ2) is 3.59. The lowest BCUT2D eigenvalue weighted by molar-refractivity contribution is 0.274. The Morgan fingerprint density at radius 2 is 2.00 bits per heavy atom. The molecular formula is C10H9FN2O. The first kappa shape index (κ1) is 8.90. The highest BCUT2D eigenvalue weighted by molar-refractivity contribution is 5.31. The van der Waals surface area contributed by atoms with Gasteiger partial charge < -0.3 is 5.11 Å². The van der Waals surface area contributed by atoms with Gasteiger partial charge in [0.25, 0.3) is 0 Å². The van der Waals surface area contributed by atoms with Crippen LogP contribution in [0.5, 0.6) is 0 Å². The minimum Gasteiger partial charge on any atom is -0.391 e. The molecule has 0 saturated heterocycles. The molecular weight excluding hydrogens is 183 g/mol. The molecule has 0 radical (unpaired) electrons. The Labute approximate surface area is 80.4 Å². The molecule has 0 aliphatic rings. The number of nitrogens with zero attached hydrogens (tertiary/aromatic N) is 2. The molecule has 0 saturated carbocycles. The quantitative estimate of drug-likeness (QED) is 0.783. The molecule has 14 heavy (non-hydrogen) atoms. The van der Waals surface area contributed by atoms with E-state index in [4.69, 9.17) is 5.11 Å². The number of hydrogen-bond acceptors (Lipinski definition) is 2. The standard InChI is InChI=1S/C10H9FN2O/c11-10-8(7-14)6-12-13(10)9-4-2-1-3-5-9/h1-6,14H,7H2. The predicted octanol–water partition coefficient (Wildman–Crippen LogP) is 1.50. The summed E-state index contributed by atoms with van der Waals surface area (Å²) < 4.78 is 14.6. The van der Waals surface area contributed by atoms with Crippen molar-refractivity contribution in [2.24, 2.45) is 0 Å². The Hall–Kier alpha value is -1.68. The fourth-order valence-electron chi connectivity index (χ4n) is 1.22. The number of benzene rings is 1. The number of para-hydroxylation sites is 1. The van der Waals surface area contributed by atoms with Gasteiger partial charge in [-0.3, -0.25) is 0 Å². The molecule has 3 nitrogen and oxygen atoms in total. The number of halogens is 1. The zero-order valence-corrected chi connectivity index (χ0v) is 7.39. The number of aliphatic hydroxyl groups is 1. The second-order valence-corrected chi connectivity index (χ2v) is 2.87. The van der Waals surface area contributed by atoms with Crippen molar-refractivity contribution in [1.82, 2.24) is 9.78 Å². The van der Waals surface area contributed by atoms with Gasteiger partial charge in [-0.15, -0.1) is 0 Å². The summed E-state index contributed by atoms with van der Waals surface area (Å²) in [6, 6.07) is 8.94.